The Morgan fingerprint density at radius 3 is 2.79 bits per heavy atom. The van der Waals surface area contributed by atoms with Gasteiger partial charge in [0.05, 0.1) is 0 Å². The molecule has 1 saturated heterocycles. The predicted molar refractivity (Wildman–Crippen MR) is 82.7 cm³/mol. The first kappa shape index (κ1) is 14.6. The molecule has 1 aliphatic rings. The fourth-order valence-electron chi connectivity index (χ4n) is 2.11. The first-order valence-corrected chi connectivity index (χ1v) is 8.08. The summed E-state index contributed by atoms with van der Waals surface area (Å²) in [6.45, 7) is 10.7. The first-order valence-electron chi connectivity index (χ1n) is 7.03. The molecular formula is C14H24N4S. The van der Waals surface area contributed by atoms with Crippen molar-refractivity contribution < 1.29 is 0 Å². The van der Waals surface area contributed by atoms with Gasteiger partial charge in [-0.3, -0.25) is 0 Å². The highest BCUT2D eigenvalue weighted by atomic mass is 32.2. The lowest BCUT2D eigenvalue weighted by Gasteiger charge is -2.30. The number of hydrogen-bond acceptors (Lipinski definition) is 5. The molecule has 0 aliphatic carbocycles. The maximum Gasteiger partial charge on any atom is 0.225 e. The van der Waals surface area contributed by atoms with E-state index in [1.165, 1.54) is 5.75 Å². The van der Waals surface area contributed by atoms with Crippen LogP contribution in [0, 0.1) is 5.92 Å². The van der Waals surface area contributed by atoms with Crippen molar-refractivity contribution in [2.24, 2.45) is 5.92 Å². The molecule has 0 amide bonds. The van der Waals surface area contributed by atoms with Crippen molar-refractivity contribution in [2.45, 2.75) is 32.6 Å². The Labute approximate surface area is 120 Å². The third-order valence-corrected chi connectivity index (χ3v) is 4.23. The first-order chi connectivity index (χ1) is 9.15. The highest BCUT2D eigenvalue weighted by Gasteiger charge is 2.18. The van der Waals surface area contributed by atoms with E-state index in [0.29, 0.717) is 11.2 Å². The summed E-state index contributed by atoms with van der Waals surface area (Å²) in [7, 11) is 0. The van der Waals surface area contributed by atoms with Gasteiger partial charge < -0.3 is 10.2 Å². The molecule has 1 aliphatic heterocycles. The molecule has 2 heterocycles. The summed E-state index contributed by atoms with van der Waals surface area (Å²) in [6.07, 6.45) is 3.89. The molecule has 5 heteroatoms. The Hall–Kier alpha value is -0.810. The van der Waals surface area contributed by atoms with E-state index in [2.05, 4.69) is 41.0 Å². The van der Waals surface area contributed by atoms with E-state index in [0.717, 1.165) is 37.7 Å². The zero-order valence-electron chi connectivity index (χ0n) is 12.1. The van der Waals surface area contributed by atoms with Crippen molar-refractivity contribution in [1.29, 1.82) is 0 Å². The summed E-state index contributed by atoms with van der Waals surface area (Å²) < 4.78 is 0. The second-order valence-electron chi connectivity index (χ2n) is 5.54. The minimum absolute atomic E-state index is 0.671. The summed E-state index contributed by atoms with van der Waals surface area (Å²) in [4.78, 5) is 11.3. The van der Waals surface area contributed by atoms with E-state index < -0.39 is 0 Å². The number of rotatable bonds is 5. The molecule has 0 radical (unpaired) electrons. The number of aromatic nitrogens is 2. The van der Waals surface area contributed by atoms with Gasteiger partial charge in [0.15, 0.2) is 0 Å². The van der Waals surface area contributed by atoms with Crippen LogP contribution in [0.15, 0.2) is 12.4 Å². The minimum atomic E-state index is 0.671. The van der Waals surface area contributed by atoms with E-state index >= 15 is 0 Å². The molecule has 0 spiro atoms. The Kier molecular flexibility index (Phi) is 5.45. The van der Waals surface area contributed by atoms with E-state index in [1.807, 2.05) is 24.2 Å². The summed E-state index contributed by atoms with van der Waals surface area (Å²) >= 11 is 2.03. The van der Waals surface area contributed by atoms with Crippen LogP contribution in [0.5, 0.6) is 0 Å². The van der Waals surface area contributed by atoms with Gasteiger partial charge in [-0.25, -0.2) is 9.97 Å². The van der Waals surface area contributed by atoms with E-state index in [4.69, 9.17) is 0 Å². The predicted octanol–water partition coefficient (Wildman–Crippen LogP) is 2.16. The highest BCUT2D eigenvalue weighted by molar-refractivity contribution is 8.00. The van der Waals surface area contributed by atoms with Gasteiger partial charge in [0.1, 0.15) is 0 Å². The maximum atomic E-state index is 4.50. The number of nitrogens with one attached hydrogen (secondary N) is 1. The lowest BCUT2D eigenvalue weighted by molar-refractivity contribution is 0.551. The van der Waals surface area contributed by atoms with Gasteiger partial charge in [-0.1, -0.05) is 20.8 Å². The molecule has 19 heavy (non-hydrogen) atoms. The molecule has 1 aromatic rings. The largest absolute Gasteiger partial charge is 0.339 e. The van der Waals surface area contributed by atoms with Gasteiger partial charge in [0.2, 0.25) is 5.95 Å². The van der Waals surface area contributed by atoms with Crippen molar-refractivity contribution in [1.82, 2.24) is 15.3 Å². The molecule has 0 saturated carbocycles. The van der Waals surface area contributed by atoms with Crippen LogP contribution in [0.1, 0.15) is 26.3 Å². The Morgan fingerprint density at radius 1 is 1.42 bits per heavy atom. The summed E-state index contributed by atoms with van der Waals surface area (Å²) in [5.74, 6) is 2.72. The number of hydrogen-bond donors (Lipinski definition) is 1. The minimum Gasteiger partial charge on any atom is -0.339 e. The van der Waals surface area contributed by atoms with Crippen LogP contribution in [-0.2, 0) is 6.54 Å². The van der Waals surface area contributed by atoms with Crippen LogP contribution in [-0.4, -0.2) is 40.6 Å². The van der Waals surface area contributed by atoms with Crippen molar-refractivity contribution in [3.8, 4) is 0 Å². The Bertz CT molecular complexity index is 380. The normalized spacial score (nSPS) is 20.0. The van der Waals surface area contributed by atoms with Crippen molar-refractivity contribution in [3.05, 3.63) is 18.0 Å². The zero-order valence-corrected chi connectivity index (χ0v) is 12.9. The molecule has 1 unspecified atom stereocenters. The number of nitrogens with zero attached hydrogens (tertiary/aromatic N) is 3. The fourth-order valence-corrected chi connectivity index (χ4v) is 3.12. The van der Waals surface area contributed by atoms with E-state index in [9.17, 15) is 0 Å². The monoisotopic (exact) mass is 280 g/mol. The standard InChI is InChI=1S/C14H24N4S/c1-11(2)6-15-7-13-8-16-14(17-9-13)18-4-5-19-12(3)10-18/h8-9,11-12,15H,4-7,10H2,1-3H3. The maximum absolute atomic E-state index is 4.50. The number of thioether (sulfide) groups is 1. The van der Waals surface area contributed by atoms with Gasteiger partial charge in [-0.15, -0.1) is 0 Å². The zero-order chi connectivity index (χ0) is 13.7. The quantitative estimate of drug-likeness (QED) is 0.895. The Balaban J connectivity index is 1.87. The van der Waals surface area contributed by atoms with Crippen LogP contribution >= 0.6 is 11.8 Å². The molecular weight excluding hydrogens is 256 g/mol. The Morgan fingerprint density at radius 2 is 2.16 bits per heavy atom. The average Bonchev–Trinajstić information content (AvgIpc) is 2.39. The van der Waals surface area contributed by atoms with Crippen LogP contribution in [0.3, 0.4) is 0 Å². The van der Waals surface area contributed by atoms with Crippen LogP contribution in [0.25, 0.3) is 0 Å². The van der Waals surface area contributed by atoms with Crippen molar-refractivity contribution in [2.75, 3.05) is 30.3 Å². The van der Waals surface area contributed by atoms with Gasteiger partial charge in [0, 0.05) is 48.6 Å². The highest BCUT2D eigenvalue weighted by Crippen LogP contribution is 2.20. The third-order valence-electron chi connectivity index (χ3n) is 3.10. The summed E-state index contributed by atoms with van der Waals surface area (Å²) in [6, 6.07) is 0. The van der Waals surface area contributed by atoms with Crippen LogP contribution in [0.4, 0.5) is 5.95 Å². The molecule has 0 bridgehead atoms. The third kappa shape index (κ3) is 4.66. The second-order valence-corrected chi connectivity index (χ2v) is 7.09. The smallest absolute Gasteiger partial charge is 0.225 e. The van der Waals surface area contributed by atoms with Crippen molar-refractivity contribution in [3.63, 3.8) is 0 Å². The second kappa shape index (κ2) is 7.10. The molecule has 1 atom stereocenters. The average molecular weight is 280 g/mol. The lowest BCUT2D eigenvalue weighted by atomic mass is 10.2. The van der Waals surface area contributed by atoms with Gasteiger partial charge >= 0.3 is 0 Å². The molecule has 0 aromatic carbocycles. The molecule has 1 aromatic heterocycles. The SMILES string of the molecule is CC(C)CNCc1cnc(N2CCSC(C)C2)nc1. The van der Waals surface area contributed by atoms with Gasteiger partial charge in [0.25, 0.3) is 0 Å². The van der Waals surface area contributed by atoms with Gasteiger partial charge in [-0.2, -0.15) is 11.8 Å². The van der Waals surface area contributed by atoms with E-state index in [-0.39, 0.29) is 0 Å². The lowest BCUT2D eigenvalue weighted by Crippen LogP contribution is -2.37. The van der Waals surface area contributed by atoms with E-state index in [1.54, 1.807) is 0 Å². The van der Waals surface area contributed by atoms with Crippen LogP contribution < -0.4 is 10.2 Å². The molecule has 1 fully saturated rings. The topological polar surface area (TPSA) is 41.1 Å². The molecule has 2 rings (SSSR count). The van der Waals surface area contributed by atoms with Crippen LogP contribution in [0.2, 0.25) is 0 Å². The fraction of sp³-hybridized carbons (Fsp3) is 0.714. The molecule has 106 valence electrons. The van der Waals surface area contributed by atoms with Crippen molar-refractivity contribution >= 4 is 17.7 Å². The molecule has 4 nitrogen and oxygen atoms in total. The summed E-state index contributed by atoms with van der Waals surface area (Å²) in [5, 5.41) is 4.08. The number of anilines is 1. The molecule has 1 N–H and O–H groups in total. The summed E-state index contributed by atoms with van der Waals surface area (Å²) in [5.41, 5.74) is 1.16. The van der Waals surface area contributed by atoms with Gasteiger partial charge in [-0.05, 0) is 12.5 Å².